The lowest BCUT2D eigenvalue weighted by atomic mass is 9.87. The Morgan fingerprint density at radius 1 is 1.38 bits per heavy atom. The molecule has 3 heteroatoms. The van der Waals surface area contributed by atoms with E-state index < -0.39 is 0 Å². The molecule has 1 rings (SSSR count). The topological polar surface area (TPSA) is 55.1 Å². The minimum Gasteiger partial charge on any atom is -0.356 e. The molecule has 0 aromatic rings. The van der Waals surface area contributed by atoms with Crippen LogP contribution in [0.3, 0.4) is 0 Å². The van der Waals surface area contributed by atoms with Gasteiger partial charge in [-0.25, -0.2) is 0 Å². The molecule has 1 aliphatic rings. The van der Waals surface area contributed by atoms with E-state index in [1.54, 1.807) is 0 Å². The number of carbonyl (C=O) groups is 1. The minimum atomic E-state index is 0.232. The Labute approximate surface area is 99.2 Å². The molecule has 0 radical (unpaired) electrons. The first kappa shape index (κ1) is 13.5. The molecule has 1 saturated carbocycles. The van der Waals surface area contributed by atoms with Crippen LogP contribution in [0.15, 0.2) is 0 Å². The first-order valence-corrected chi connectivity index (χ1v) is 6.69. The lowest BCUT2D eigenvalue weighted by Gasteiger charge is -2.21. The second kappa shape index (κ2) is 7.66. The monoisotopic (exact) mass is 226 g/mol. The van der Waals surface area contributed by atoms with Crippen molar-refractivity contribution in [1.29, 1.82) is 0 Å². The number of amides is 1. The predicted molar refractivity (Wildman–Crippen MR) is 67.0 cm³/mol. The fraction of sp³-hybridized carbons (Fsp3) is 0.923. The average Bonchev–Trinajstić information content (AvgIpc) is 2.28. The summed E-state index contributed by atoms with van der Waals surface area (Å²) in [6.45, 7) is 3.62. The second-order valence-corrected chi connectivity index (χ2v) is 5.19. The van der Waals surface area contributed by atoms with Gasteiger partial charge in [-0.2, -0.15) is 0 Å². The highest BCUT2D eigenvalue weighted by atomic mass is 16.1. The van der Waals surface area contributed by atoms with Crippen LogP contribution in [0.2, 0.25) is 0 Å². The Bertz CT molecular complexity index is 200. The number of rotatable bonds is 6. The van der Waals surface area contributed by atoms with Crippen LogP contribution in [-0.4, -0.2) is 19.0 Å². The van der Waals surface area contributed by atoms with Crippen molar-refractivity contribution in [2.45, 2.75) is 51.9 Å². The molecule has 1 fully saturated rings. The van der Waals surface area contributed by atoms with Gasteiger partial charge in [0, 0.05) is 13.0 Å². The van der Waals surface area contributed by atoms with Gasteiger partial charge in [0.1, 0.15) is 0 Å². The Hall–Kier alpha value is -0.570. The largest absolute Gasteiger partial charge is 0.356 e. The standard InChI is InChI=1S/C13H26N2O/c1-11(7-8-14)10-15-13(16)9-12-5-3-2-4-6-12/h11-12H,2-10,14H2,1H3,(H,15,16). The van der Waals surface area contributed by atoms with Crippen molar-refractivity contribution in [3.63, 3.8) is 0 Å². The van der Waals surface area contributed by atoms with Crippen molar-refractivity contribution in [1.82, 2.24) is 5.32 Å². The zero-order valence-corrected chi connectivity index (χ0v) is 10.5. The summed E-state index contributed by atoms with van der Waals surface area (Å²) >= 11 is 0. The van der Waals surface area contributed by atoms with Crippen LogP contribution in [0.5, 0.6) is 0 Å². The Morgan fingerprint density at radius 2 is 2.06 bits per heavy atom. The highest BCUT2D eigenvalue weighted by molar-refractivity contribution is 5.76. The van der Waals surface area contributed by atoms with E-state index >= 15 is 0 Å². The molecule has 94 valence electrons. The van der Waals surface area contributed by atoms with E-state index in [4.69, 9.17) is 5.73 Å². The van der Waals surface area contributed by atoms with E-state index in [1.165, 1.54) is 32.1 Å². The van der Waals surface area contributed by atoms with Gasteiger partial charge < -0.3 is 11.1 Å². The number of hydrogen-bond acceptors (Lipinski definition) is 2. The SMILES string of the molecule is CC(CCN)CNC(=O)CC1CCCCC1. The number of nitrogens with two attached hydrogens (primary N) is 1. The zero-order chi connectivity index (χ0) is 11.8. The Balaban J connectivity index is 2.10. The van der Waals surface area contributed by atoms with Gasteiger partial charge in [-0.15, -0.1) is 0 Å². The molecule has 1 aliphatic carbocycles. The van der Waals surface area contributed by atoms with E-state index in [-0.39, 0.29) is 5.91 Å². The van der Waals surface area contributed by atoms with E-state index in [1.807, 2.05) is 0 Å². The zero-order valence-electron chi connectivity index (χ0n) is 10.5. The van der Waals surface area contributed by atoms with Crippen LogP contribution in [-0.2, 0) is 4.79 Å². The van der Waals surface area contributed by atoms with Crippen LogP contribution in [0.25, 0.3) is 0 Å². The Morgan fingerprint density at radius 3 is 2.69 bits per heavy atom. The molecule has 0 saturated heterocycles. The molecule has 1 unspecified atom stereocenters. The number of nitrogens with one attached hydrogen (secondary N) is 1. The molecule has 3 nitrogen and oxygen atoms in total. The molecule has 0 aromatic carbocycles. The molecular weight excluding hydrogens is 200 g/mol. The molecule has 3 N–H and O–H groups in total. The fourth-order valence-electron chi connectivity index (χ4n) is 2.40. The third-order valence-electron chi connectivity index (χ3n) is 3.51. The van der Waals surface area contributed by atoms with E-state index in [0.29, 0.717) is 18.4 Å². The van der Waals surface area contributed by atoms with Crippen LogP contribution >= 0.6 is 0 Å². The maximum atomic E-state index is 11.7. The first-order valence-electron chi connectivity index (χ1n) is 6.69. The van der Waals surface area contributed by atoms with Crippen LogP contribution in [0.4, 0.5) is 0 Å². The first-order chi connectivity index (χ1) is 7.72. The summed E-state index contributed by atoms with van der Waals surface area (Å²) in [5.74, 6) is 1.37. The minimum absolute atomic E-state index is 0.232. The number of hydrogen-bond donors (Lipinski definition) is 2. The van der Waals surface area contributed by atoms with Crippen molar-refractivity contribution in [3.8, 4) is 0 Å². The molecule has 1 amide bonds. The summed E-state index contributed by atoms with van der Waals surface area (Å²) in [7, 11) is 0. The highest BCUT2D eigenvalue weighted by Crippen LogP contribution is 2.25. The van der Waals surface area contributed by atoms with Crippen molar-refractivity contribution < 1.29 is 4.79 Å². The molecule has 0 bridgehead atoms. The van der Waals surface area contributed by atoms with Gasteiger partial charge >= 0.3 is 0 Å². The molecule has 0 aromatic heterocycles. The average molecular weight is 226 g/mol. The fourth-order valence-corrected chi connectivity index (χ4v) is 2.40. The number of carbonyl (C=O) groups excluding carboxylic acids is 1. The summed E-state index contributed by atoms with van der Waals surface area (Å²) in [5, 5.41) is 3.02. The van der Waals surface area contributed by atoms with Gasteiger partial charge in [0.15, 0.2) is 0 Å². The smallest absolute Gasteiger partial charge is 0.220 e. The molecular formula is C13H26N2O. The van der Waals surface area contributed by atoms with Crippen LogP contribution in [0, 0.1) is 11.8 Å². The van der Waals surface area contributed by atoms with Gasteiger partial charge in [-0.3, -0.25) is 4.79 Å². The van der Waals surface area contributed by atoms with E-state index in [2.05, 4.69) is 12.2 Å². The lowest BCUT2D eigenvalue weighted by Crippen LogP contribution is -2.30. The summed E-state index contributed by atoms with van der Waals surface area (Å²) in [4.78, 5) is 11.7. The predicted octanol–water partition coefficient (Wildman–Crippen LogP) is 2.06. The van der Waals surface area contributed by atoms with E-state index in [9.17, 15) is 4.79 Å². The normalized spacial score (nSPS) is 19.4. The van der Waals surface area contributed by atoms with Gasteiger partial charge in [-0.05, 0) is 37.6 Å². The summed E-state index contributed by atoms with van der Waals surface area (Å²) in [6, 6.07) is 0. The second-order valence-electron chi connectivity index (χ2n) is 5.19. The molecule has 16 heavy (non-hydrogen) atoms. The highest BCUT2D eigenvalue weighted by Gasteiger charge is 2.16. The van der Waals surface area contributed by atoms with Gasteiger partial charge in [-0.1, -0.05) is 26.2 Å². The van der Waals surface area contributed by atoms with Crippen LogP contribution < -0.4 is 11.1 Å². The molecule has 0 spiro atoms. The third-order valence-corrected chi connectivity index (χ3v) is 3.51. The lowest BCUT2D eigenvalue weighted by molar-refractivity contribution is -0.122. The summed E-state index contributed by atoms with van der Waals surface area (Å²) in [6.07, 6.45) is 8.17. The Kier molecular flexibility index (Phi) is 6.46. The summed E-state index contributed by atoms with van der Waals surface area (Å²) < 4.78 is 0. The molecule has 1 atom stereocenters. The quantitative estimate of drug-likeness (QED) is 0.728. The van der Waals surface area contributed by atoms with Gasteiger partial charge in [0.25, 0.3) is 0 Å². The van der Waals surface area contributed by atoms with Crippen molar-refractivity contribution >= 4 is 5.91 Å². The van der Waals surface area contributed by atoms with Crippen molar-refractivity contribution in [2.75, 3.05) is 13.1 Å². The van der Waals surface area contributed by atoms with Crippen LogP contribution in [0.1, 0.15) is 51.9 Å². The van der Waals surface area contributed by atoms with Gasteiger partial charge in [0.2, 0.25) is 5.91 Å². The van der Waals surface area contributed by atoms with Crippen molar-refractivity contribution in [3.05, 3.63) is 0 Å². The third kappa shape index (κ3) is 5.50. The maximum absolute atomic E-state index is 11.7. The molecule has 0 aliphatic heterocycles. The maximum Gasteiger partial charge on any atom is 0.220 e. The summed E-state index contributed by atoms with van der Waals surface area (Å²) in [5.41, 5.74) is 5.47. The van der Waals surface area contributed by atoms with Crippen molar-refractivity contribution in [2.24, 2.45) is 17.6 Å². The molecule has 0 heterocycles. The van der Waals surface area contributed by atoms with Gasteiger partial charge in [0.05, 0.1) is 0 Å². The van der Waals surface area contributed by atoms with E-state index in [0.717, 1.165) is 19.4 Å².